The van der Waals surface area contributed by atoms with Gasteiger partial charge in [0.15, 0.2) is 0 Å². The van der Waals surface area contributed by atoms with Crippen molar-refractivity contribution in [1.29, 1.82) is 0 Å². The molecular weight excluding hydrogens is 298 g/mol. The molecule has 8 nitrogen and oxygen atoms in total. The number of likely N-dealkylation sites (tertiary alicyclic amines) is 1. The molecule has 1 aliphatic rings. The van der Waals surface area contributed by atoms with Crippen LogP contribution in [0, 0.1) is 5.92 Å². The van der Waals surface area contributed by atoms with E-state index in [1.807, 2.05) is 4.90 Å². The smallest absolute Gasteiger partial charge is 0.317 e. The Morgan fingerprint density at radius 2 is 2.13 bits per heavy atom. The van der Waals surface area contributed by atoms with E-state index in [0.717, 1.165) is 44.5 Å². The van der Waals surface area contributed by atoms with Crippen molar-refractivity contribution in [1.82, 2.24) is 25.7 Å². The maximum absolute atomic E-state index is 12.1. The van der Waals surface area contributed by atoms with Gasteiger partial charge in [0.1, 0.15) is 6.33 Å². The molecule has 1 fully saturated rings. The summed E-state index contributed by atoms with van der Waals surface area (Å²) in [5.74, 6) is 0.193. The second-order valence-electron chi connectivity index (χ2n) is 5.72. The predicted octanol–water partition coefficient (Wildman–Crippen LogP) is 1.07. The lowest BCUT2D eigenvalue weighted by molar-refractivity contribution is -0.129. The van der Waals surface area contributed by atoms with Crippen molar-refractivity contribution < 1.29 is 14.8 Å². The molecule has 2 heterocycles. The van der Waals surface area contributed by atoms with E-state index in [9.17, 15) is 9.59 Å². The molecular formula is C15H23N5O3. The second kappa shape index (κ2) is 9.04. The minimum atomic E-state index is -0.341. The van der Waals surface area contributed by atoms with Crippen molar-refractivity contribution >= 4 is 11.9 Å². The molecule has 1 saturated heterocycles. The number of amides is 3. The van der Waals surface area contributed by atoms with Gasteiger partial charge in [-0.1, -0.05) is 0 Å². The van der Waals surface area contributed by atoms with E-state index in [-0.39, 0.29) is 11.9 Å². The Labute approximate surface area is 135 Å². The molecule has 0 bridgehead atoms. The van der Waals surface area contributed by atoms with Gasteiger partial charge in [0, 0.05) is 25.7 Å². The zero-order valence-corrected chi connectivity index (χ0v) is 13.1. The average molecular weight is 321 g/mol. The maximum Gasteiger partial charge on any atom is 0.317 e. The number of aromatic nitrogens is 2. The molecule has 0 saturated carbocycles. The van der Waals surface area contributed by atoms with E-state index in [2.05, 4.69) is 15.3 Å². The Kier molecular flexibility index (Phi) is 6.74. The molecule has 23 heavy (non-hydrogen) atoms. The summed E-state index contributed by atoms with van der Waals surface area (Å²) in [6.45, 7) is 1.86. The fraction of sp³-hybridized carbons (Fsp3) is 0.600. The van der Waals surface area contributed by atoms with E-state index >= 15 is 0 Å². The van der Waals surface area contributed by atoms with E-state index in [0.29, 0.717) is 18.9 Å². The van der Waals surface area contributed by atoms with E-state index < -0.39 is 0 Å². The summed E-state index contributed by atoms with van der Waals surface area (Å²) in [7, 11) is 0. The van der Waals surface area contributed by atoms with Crippen LogP contribution < -0.4 is 10.8 Å². The van der Waals surface area contributed by atoms with Gasteiger partial charge < -0.3 is 10.2 Å². The third kappa shape index (κ3) is 5.82. The molecule has 0 radical (unpaired) electrons. The van der Waals surface area contributed by atoms with Crippen LogP contribution in [-0.4, -0.2) is 45.1 Å². The molecule has 3 N–H and O–H groups in total. The summed E-state index contributed by atoms with van der Waals surface area (Å²) in [4.78, 5) is 32.8. The Balaban J connectivity index is 1.63. The molecule has 0 aromatic carbocycles. The lowest BCUT2D eigenvalue weighted by atomic mass is 9.91. The summed E-state index contributed by atoms with van der Waals surface area (Å²) in [6.07, 6.45) is 7.06. The zero-order valence-electron chi connectivity index (χ0n) is 13.1. The molecule has 8 heteroatoms. The van der Waals surface area contributed by atoms with Gasteiger partial charge in [0.05, 0.1) is 12.2 Å². The lowest BCUT2D eigenvalue weighted by Crippen LogP contribution is -2.44. The Morgan fingerprint density at radius 3 is 2.78 bits per heavy atom. The SMILES string of the molecule is O=C(CCCC1CCN(C(=O)NCc2ccncn2)CC1)NO. The van der Waals surface area contributed by atoms with E-state index in [4.69, 9.17) is 5.21 Å². The van der Waals surface area contributed by atoms with Gasteiger partial charge >= 0.3 is 6.03 Å². The average Bonchev–Trinajstić information content (AvgIpc) is 2.61. The first-order valence-corrected chi connectivity index (χ1v) is 7.89. The minimum absolute atomic E-state index is 0.0679. The Bertz CT molecular complexity index is 503. The fourth-order valence-corrected chi connectivity index (χ4v) is 2.73. The van der Waals surface area contributed by atoms with Crippen LogP contribution in [0.5, 0.6) is 0 Å². The van der Waals surface area contributed by atoms with Crippen molar-refractivity contribution in [3.63, 3.8) is 0 Å². The first-order chi connectivity index (χ1) is 11.2. The number of carbonyl (C=O) groups excluding carboxylic acids is 2. The van der Waals surface area contributed by atoms with Crippen LogP contribution >= 0.6 is 0 Å². The van der Waals surface area contributed by atoms with Crippen LogP contribution in [-0.2, 0) is 11.3 Å². The molecule has 0 spiro atoms. The third-order valence-corrected chi connectivity index (χ3v) is 4.11. The topological polar surface area (TPSA) is 107 Å². The molecule has 1 aromatic heterocycles. The number of hydroxylamine groups is 1. The van der Waals surface area contributed by atoms with Crippen LogP contribution in [0.4, 0.5) is 4.79 Å². The molecule has 2 rings (SSSR count). The van der Waals surface area contributed by atoms with Crippen molar-refractivity contribution in [2.75, 3.05) is 13.1 Å². The fourth-order valence-electron chi connectivity index (χ4n) is 2.73. The quantitative estimate of drug-likeness (QED) is 0.537. The van der Waals surface area contributed by atoms with Crippen molar-refractivity contribution in [2.24, 2.45) is 5.92 Å². The van der Waals surface area contributed by atoms with Gasteiger partial charge in [-0.3, -0.25) is 10.0 Å². The number of hydrogen-bond donors (Lipinski definition) is 3. The van der Waals surface area contributed by atoms with Crippen LogP contribution in [0.2, 0.25) is 0 Å². The summed E-state index contributed by atoms with van der Waals surface area (Å²) in [5, 5.41) is 11.3. The van der Waals surface area contributed by atoms with Gasteiger partial charge in [0.2, 0.25) is 5.91 Å². The number of hydrogen-bond acceptors (Lipinski definition) is 5. The molecule has 0 aliphatic carbocycles. The molecule has 3 amide bonds. The number of piperidine rings is 1. The van der Waals surface area contributed by atoms with E-state index in [1.54, 1.807) is 17.7 Å². The summed E-state index contributed by atoms with van der Waals surface area (Å²) in [5.41, 5.74) is 2.43. The maximum atomic E-state index is 12.1. The molecule has 0 unspecified atom stereocenters. The first-order valence-electron chi connectivity index (χ1n) is 7.89. The molecule has 126 valence electrons. The van der Waals surface area contributed by atoms with Crippen molar-refractivity contribution in [3.8, 4) is 0 Å². The van der Waals surface area contributed by atoms with Crippen LogP contribution in [0.3, 0.4) is 0 Å². The third-order valence-electron chi connectivity index (χ3n) is 4.11. The van der Waals surface area contributed by atoms with Gasteiger partial charge in [-0.05, 0) is 37.7 Å². The van der Waals surface area contributed by atoms with Gasteiger partial charge in [-0.15, -0.1) is 0 Å². The van der Waals surface area contributed by atoms with Gasteiger partial charge in [0.25, 0.3) is 0 Å². The van der Waals surface area contributed by atoms with Crippen molar-refractivity contribution in [3.05, 3.63) is 24.3 Å². The van der Waals surface area contributed by atoms with Gasteiger partial charge in [-0.25, -0.2) is 20.2 Å². The summed E-state index contributed by atoms with van der Waals surface area (Å²) >= 11 is 0. The number of nitrogens with one attached hydrogen (secondary N) is 2. The Hall–Kier alpha value is -2.22. The first kappa shape index (κ1) is 17.1. The normalized spacial score (nSPS) is 15.3. The lowest BCUT2D eigenvalue weighted by Gasteiger charge is -2.32. The van der Waals surface area contributed by atoms with Crippen LogP contribution in [0.15, 0.2) is 18.6 Å². The van der Waals surface area contributed by atoms with Crippen molar-refractivity contribution in [2.45, 2.75) is 38.6 Å². The molecule has 0 atom stereocenters. The van der Waals surface area contributed by atoms with Crippen LogP contribution in [0.1, 0.15) is 37.8 Å². The Morgan fingerprint density at radius 1 is 1.35 bits per heavy atom. The number of rotatable bonds is 6. The largest absolute Gasteiger partial charge is 0.332 e. The number of urea groups is 1. The van der Waals surface area contributed by atoms with Crippen LogP contribution in [0.25, 0.3) is 0 Å². The number of nitrogens with zero attached hydrogens (tertiary/aromatic N) is 3. The highest BCUT2D eigenvalue weighted by molar-refractivity contribution is 5.74. The zero-order chi connectivity index (χ0) is 16.5. The highest BCUT2D eigenvalue weighted by Gasteiger charge is 2.22. The monoisotopic (exact) mass is 321 g/mol. The summed E-state index contributed by atoms with van der Waals surface area (Å²) < 4.78 is 0. The standard InChI is InChI=1S/C15H23N5O3/c21-14(19-23)3-1-2-12-5-8-20(9-6-12)15(22)17-10-13-4-7-16-11-18-13/h4,7,11-12,23H,1-3,5-6,8-10H2,(H,17,22)(H,19,21). The summed E-state index contributed by atoms with van der Waals surface area (Å²) in [6, 6.07) is 1.71. The highest BCUT2D eigenvalue weighted by Crippen LogP contribution is 2.22. The second-order valence-corrected chi connectivity index (χ2v) is 5.72. The molecule has 1 aromatic rings. The number of carbonyl (C=O) groups is 2. The predicted molar refractivity (Wildman–Crippen MR) is 82.3 cm³/mol. The van der Waals surface area contributed by atoms with E-state index in [1.165, 1.54) is 6.33 Å². The minimum Gasteiger partial charge on any atom is -0.332 e. The van der Waals surface area contributed by atoms with Gasteiger partial charge in [-0.2, -0.15) is 0 Å². The highest BCUT2D eigenvalue weighted by atomic mass is 16.5. The molecule has 1 aliphatic heterocycles.